The van der Waals surface area contributed by atoms with E-state index in [0.717, 1.165) is 16.5 Å². The Bertz CT molecular complexity index is 639. The first kappa shape index (κ1) is 18.4. The lowest BCUT2D eigenvalue weighted by Crippen LogP contribution is -2.38. The molecular formula is C17H24N2O5. The van der Waals surface area contributed by atoms with E-state index in [1.165, 1.54) is 0 Å². The van der Waals surface area contributed by atoms with Crippen molar-refractivity contribution in [2.24, 2.45) is 0 Å². The Kier molecular flexibility index (Phi) is 7.20. The molecule has 0 amide bonds. The smallest absolute Gasteiger partial charge is 0.323 e. The Morgan fingerprint density at radius 3 is 2.75 bits per heavy atom. The van der Waals surface area contributed by atoms with Crippen LogP contribution < -0.4 is 5.48 Å². The van der Waals surface area contributed by atoms with Crippen LogP contribution in [-0.2, 0) is 25.5 Å². The quantitative estimate of drug-likeness (QED) is 0.330. The highest BCUT2D eigenvalue weighted by Gasteiger charge is 2.19. The summed E-state index contributed by atoms with van der Waals surface area (Å²) in [5, 5.41) is 10.4. The second-order valence-electron chi connectivity index (χ2n) is 5.46. The normalized spacial score (nSPS) is 12.8. The van der Waals surface area contributed by atoms with Gasteiger partial charge in [-0.15, -0.1) is 0 Å². The molecule has 0 saturated heterocycles. The molecule has 1 atom stereocenters. The van der Waals surface area contributed by atoms with Gasteiger partial charge in [-0.3, -0.25) is 4.79 Å². The summed E-state index contributed by atoms with van der Waals surface area (Å²) in [6, 6.07) is 6.98. The highest BCUT2D eigenvalue weighted by molar-refractivity contribution is 5.84. The van der Waals surface area contributed by atoms with Crippen LogP contribution in [0.15, 0.2) is 30.5 Å². The van der Waals surface area contributed by atoms with Gasteiger partial charge in [0.25, 0.3) is 0 Å². The maximum atomic E-state index is 11.4. The molecule has 0 bridgehead atoms. The Hall–Kier alpha value is -1.93. The van der Waals surface area contributed by atoms with Gasteiger partial charge >= 0.3 is 5.97 Å². The summed E-state index contributed by atoms with van der Waals surface area (Å²) < 4.78 is 10.2. The van der Waals surface area contributed by atoms with Crippen LogP contribution in [0, 0.1) is 0 Å². The molecule has 0 aliphatic rings. The molecule has 0 aliphatic carbocycles. The number of hydrogen-bond acceptors (Lipinski definition) is 5. The van der Waals surface area contributed by atoms with E-state index in [2.05, 4.69) is 10.5 Å². The number of aliphatic carboxylic acids is 1. The lowest BCUT2D eigenvalue weighted by Gasteiger charge is -2.15. The topological polar surface area (TPSA) is 92.8 Å². The molecule has 1 unspecified atom stereocenters. The van der Waals surface area contributed by atoms with E-state index < -0.39 is 12.0 Å². The van der Waals surface area contributed by atoms with E-state index in [0.29, 0.717) is 25.9 Å². The van der Waals surface area contributed by atoms with Crippen LogP contribution in [0.3, 0.4) is 0 Å². The third-order valence-corrected chi connectivity index (χ3v) is 3.83. The van der Waals surface area contributed by atoms with Crippen LogP contribution in [0.2, 0.25) is 0 Å². The standard InChI is InChI=1S/C17H24N2O5/c1-22-16(23-2)8-5-9-24-19-15(17(20)21)10-12-11-18-14-7-4-3-6-13(12)14/h3-4,6-7,11,15-16,18-19H,5,8-10H2,1-2H3,(H,20,21). The Labute approximate surface area is 140 Å². The lowest BCUT2D eigenvalue weighted by molar-refractivity contribution is -0.144. The number of aromatic nitrogens is 1. The second kappa shape index (κ2) is 9.39. The van der Waals surface area contributed by atoms with Crippen LogP contribution >= 0.6 is 0 Å². The minimum Gasteiger partial charge on any atom is -0.480 e. The molecule has 0 saturated carbocycles. The molecule has 1 aromatic carbocycles. The molecule has 2 aromatic rings. The Balaban J connectivity index is 1.83. The monoisotopic (exact) mass is 336 g/mol. The number of hydrogen-bond donors (Lipinski definition) is 3. The summed E-state index contributed by atoms with van der Waals surface area (Å²) in [4.78, 5) is 19.9. The SMILES string of the molecule is COC(CCCONC(Cc1c[nH]c2ccccc12)C(=O)O)OC. The number of para-hydroxylation sites is 1. The van der Waals surface area contributed by atoms with Gasteiger partial charge in [0.05, 0.1) is 6.61 Å². The number of benzene rings is 1. The molecule has 132 valence electrons. The number of rotatable bonds is 11. The van der Waals surface area contributed by atoms with Crippen molar-refractivity contribution in [1.29, 1.82) is 0 Å². The van der Waals surface area contributed by atoms with Crippen LogP contribution in [0.5, 0.6) is 0 Å². The summed E-state index contributed by atoms with van der Waals surface area (Å²) in [6.07, 6.45) is 3.27. The van der Waals surface area contributed by atoms with Gasteiger partial charge in [-0.2, -0.15) is 5.48 Å². The number of methoxy groups -OCH3 is 2. The van der Waals surface area contributed by atoms with Crippen molar-refractivity contribution in [3.05, 3.63) is 36.0 Å². The number of carbonyl (C=O) groups is 1. The van der Waals surface area contributed by atoms with Crippen LogP contribution in [-0.4, -0.2) is 49.2 Å². The van der Waals surface area contributed by atoms with E-state index in [4.69, 9.17) is 14.3 Å². The van der Waals surface area contributed by atoms with Crippen molar-refractivity contribution in [2.75, 3.05) is 20.8 Å². The van der Waals surface area contributed by atoms with Gasteiger partial charge in [-0.05, 0) is 18.1 Å². The molecule has 2 rings (SSSR count). The molecule has 24 heavy (non-hydrogen) atoms. The maximum absolute atomic E-state index is 11.4. The fourth-order valence-corrected chi connectivity index (χ4v) is 2.51. The van der Waals surface area contributed by atoms with Crippen molar-refractivity contribution in [1.82, 2.24) is 10.5 Å². The van der Waals surface area contributed by atoms with Gasteiger partial charge in [-0.1, -0.05) is 18.2 Å². The Morgan fingerprint density at radius 1 is 1.29 bits per heavy atom. The predicted octanol–water partition coefficient (Wildman–Crippen LogP) is 2.08. The highest BCUT2D eigenvalue weighted by atomic mass is 16.7. The van der Waals surface area contributed by atoms with Crippen molar-refractivity contribution < 1.29 is 24.2 Å². The number of hydroxylamine groups is 1. The van der Waals surface area contributed by atoms with Crippen molar-refractivity contribution in [3.63, 3.8) is 0 Å². The number of ether oxygens (including phenoxy) is 2. The van der Waals surface area contributed by atoms with Gasteiger partial charge in [0.15, 0.2) is 6.29 Å². The summed E-state index contributed by atoms with van der Waals surface area (Å²) in [5.74, 6) is -0.952. The first-order valence-electron chi connectivity index (χ1n) is 7.86. The largest absolute Gasteiger partial charge is 0.480 e. The first-order valence-corrected chi connectivity index (χ1v) is 7.86. The molecule has 0 fully saturated rings. The van der Waals surface area contributed by atoms with Gasteiger partial charge < -0.3 is 24.4 Å². The minimum atomic E-state index is -0.952. The van der Waals surface area contributed by atoms with Crippen LogP contribution in [0.1, 0.15) is 18.4 Å². The zero-order valence-electron chi connectivity index (χ0n) is 14.0. The van der Waals surface area contributed by atoms with E-state index in [1.54, 1.807) is 14.2 Å². The summed E-state index contributed by atoms with van der Waals surface area (Å²) in [5.41, 5.74) is 4.56. The fourth-order valence-electron chi connectivity index (χ4n) is 2.51. The number of carboxylic acid groups (broad SMARTS) is 1. The van der Waals surface area contributed by atoms with Crippen LogP contribution in [0.25, 0.3) is 10.9 Å². The molecule has 0 spiro atoms. The van der Waals surface area contributed by atoms with E-state index >= 15 is 0 Å². The molecular weight excluding hydrogens is 312 g/mol. The average Bonchev–Trinajstić information content (AvgIpc) is 3.00. The molecule has 7 heteroatoms. The number of nitrogens with one attached hydrogen (secondary N) is 2. The number of H-pyrrole nitrogens is 1. The average molecular weight is 336 g/mol. The van der Waals surface area contributed by atoms with Gasteiger partial charge in [-0.25, -0.2) is 0 Å². The molecule has 3 N–H and O–H groups in total. The van der Waals surface area contributed by atoms with Crippen molar-refractivity contribution in [3.8, 4) is 0 Å². The maximum Gasteiger partial charge on any atom is 0.323 e. The highest BCUT2D eigenvalue weighted by Crippen LogP contribution is 2.19. The minimum absolute atomic E-state index is 0.268. The van der Waals surface area contributed by atoms with Gasteiger partial charge in [0.2, 0.25) is 0 Å². The van der Waals surface area contributed by atoms with E-state index in [-0.39, 0.29) is 6.29 Å². The zero-order valence-corrected chi connectivity index (χ0v) is 14.0. The summed E-state index contributed by atoms with van der Waals surface area (Å²) in [6.45, 7) is 0.376. The lowest BCUT2D eigenvalue weighted by atomic mass is 10.1. The number of carboxylic acids is 1. The van der Waals surface area contributed by atoms with E-state index in [1.807, 2.05) is 30.5 Å². The first-order chi connectivity index (χ1) is 11.7. The van der Waals surface area contributed by atoms with E-state index in [9.17, 15) is 9.90 Å². The van der Waals surface area contributed by atoms with Crippen LogP contribution in [0.4, 0.5) is 0 Å². The fraction of sp³-hybridized carbons (Fsp3) is 0.471. The predicted molar refractivity (Wildman–Crippen MR) is 89.6 cm³/mol. The zero-order chi connectivity index (χ0) is 17.4. The molecule has 7 nitrogen and oxygen atoms in total. The van der Waals surface area contributed by atoms with Gasteiger partial charge in [0, 0.05) is 44.2 Å². The number of aromatic amines is 1. The summed E-state index contributed by atoms with van der Waals surface area (Å²) >= 11 is 0. The molecule has 0 aliphatic heterocycles. The second-order valence-corrected chi connectivity index (χ2v) is 5.46. The third kappa shape index (κ3) is 5.04. The molecule has 1 aromatic heterocycles. The van der Waals surface area contributed by atoms with Crippen molar-refractivity contribution >= 4 is 16.9 Å². The molecule has 0 radical (unpaired) electrons. The third-order valence-electron chi connectivity index (χ3n) is 3.83. The van der Waals surface area contributed by atoms with Crippen molar-refractivity contribution in [2.45, 2.75) is 31.6 Å². The Morgan fingerprint density at radius 2 is 2.04 bits per heavy atom. The number of fused-ring (bicyclic) bond motifs is 1. The summed E-state index contributed by atoms with van der Waals surface area (Å²) in [7, 11) is 3.16. The van der Waals surface area contributed by atoms with Gasteiger partial charge in [0.1, 0.15) is 6.04 Å². The molecule has 1 heterocycles.